The summed E-state index contributed by atoms with van der Waals surface area (Å²) >= 11 is 0. The molecule has 0 aromatic heterocycles. The number of esters is 1. The third kappa shape index (κ3) is 3.98. The van der Waals surface area contributed by atoms with Crippen LogP contribution in [0.3, 0.4) is 0 Å². The number of hydrogen-bond donors (Lipinski definition) is 1. The van der Waals surface area contributed by atoms with E-state index in [2.05, 4.69) is 6.58 Å². The zero-order valence-corrected chi connectivity index (χ0v) is 10.3. The van der Waals surface area contributed by atoms with E-state index in [0.29, 0.717) is 12.8 Å². The number of aliphatic carboxylic acids is 1. The van der Waals surface area contributed by atoms with E-state index >= 15 is 0 Å². The quantitative estimate of drug-likeness (QED) is 0.574. The van der Waals surface area contributed by atoms with Crippen molar-refractivity contribution in [1.29, 1.82) is 0 Å². The number of rotatable bonds is 6. The maximum atomic E-state index is 11.8. The Bertz CT molecular complexity index is 347. The largest absolute Gasteiger partial charge is 0.481 e. The Morgan fingerprint density at radius 1 is 1.22 bits per heavy atom. The monoisotopic (exact) mass is 254 g/mol. The molecule has 0 amide bonds. The van der Waals surface area contributed by atoms with E-state index < -0.39 is 23.8 Å². The van der Waals surface area contributed by atoms with Gasteiger partial charge in [0.05, 0.1) is 18.4 Å². The van der Waals surface area contributed by atoms with Gasteiger partial charge in [-0.3, -0.25) is 14.4 Å². The summed E-state index contributed by atoms with van der Waals surface area (Å²) in [4.78, 5) is 33.7. The molecular formula is C13H18O5. The molecule has 2 atom stereocenters. The first kappa shape index (κ1) is 14.4. The summed E-state index contributed by atoms with van der Waals surface area (Å²) in [5.41, 5.74) is 0. The minimum absolute atomic E-state index is 0.00741. The van der Waals surface area contributed by atoms with Gasteiger partial charge >= 0.3 is 11.9 Å². The number of ether oxygens (including phenoxy) is 1. The lowest BCUT2D eigenvalue weighted by Crippen LogP contribution is -2.34. The summed E-state index contributed by atoms with van der Waals surface area (Å²) in [6.45, 7) is 3.31. The van der Waals surface area contributed by atoms with Gasteiger partial charge in [0.2, 0.25) is 0 Å². The van der Waals surface area contributed by atoms with Crippen molar-refractivity contribution in [3.8, 4) is 0 Å². The molecule has 0 aromatic rings. The van der Waals surface area contributed by atoms with Gasteiger partial charge in [-0.15, -0.1) is 0 Å². The molecule has 18 heavy (non-hydrogen) atoms. The highest BCUT2D eigenvalue weighted by Crippen LogP contribution is 2.31. The minimum atomic E-state index is -0.946. The van der Waals surface area contributed by atoms with Crippen LogP contribution in [-0.2, 0) is 19.1 Å². The lowest BCUT2D eigenvalue weighted by Gasteiger charge is -2.26. The smallest absolute Gasteiger partial charge is 0.309 e. The van der Waals surface area contributed by atoms with Crippen LogP contribution >= 0.6 is 0 Å². The summed E-state index contributed by atoms with van der Waals surface area (Å²) in [5, 5.41) is 9.03. The summed E-state index contributed by atoms with van der Waals surface area (Å²) < 4.78 is 4.96. The van der Waals surface area contributed by atoms with Gasteiger partial charge in [0.15, 0.2) is 5.78 Å². The van der Waals surface area contributed by atoms with E-state index in [0.717, 1.165) is 12.8 Å². The second kappa shape index (κ2) is 6.93. The molecule has 1 aliphatic rings. The molecule has 1 N–H and O–H groups in total. The molecular weight excluding hydrogens is 236 g/mol. The SMILES string of the molecule is C=CC(=O)CCOC(=O)C1CCCCC1C(=O)O. The Kier molecular flexibility index (Phi) is 5.55. The summed E-state index contributed by atoms with van der Waals surface area (Å²) in [5.74, 6) is -2.87. The predicted molar refractivity (Wildman–Crippen MR) is 63.9 cm³/mol. The van der Waals surface area contributed by atoms with Crippen LogP contribution in [0.15, 0.2) is 12.7 Å². The number of carboxylic acid groups (broad SMARTS) is 1. The Hall–Kier alpha value is -1.65. The summed E-state index contributed by atoms with van der Waals surface area (Å²) in [6, 6.07) is 0. The topological polar surface area (TPSA) is 80.7 Å². The molecule has 2 unspecified atom stereocenters. The third-order valence-electron chi connectivity index (χ3n) is 3.21. The highest BCUT2D eigenvalue weighted by molar-refractivity contribution is 5.89. The maximum Gasteiger partial charge on any atom is 0.309 e. The van der Waals surface area contributed by atoms with Gasteiger partial charge in [-0.1, -0.05) is 19.4 Å². The highest BCUT2D eigenvalue weighted by Gasteiger charge is 2.36. The van der Waals surface area contributed by atoms with Gasteiger partial charge in [0, 0.05) is 6.42 Å². The van der Waals surface area contributed by atoms with E-state index in [1.165, 1.54) is 6.08 Å². The van der Waals surface area contributed by atoms with E-state index in [9.17, 15) is 14.4 Å². The van der Waals surface area contributed by atoms with Crippen molar-refractivity contribution in [2.75, 3.05) is 6.61 Å². The number of carbonyl (C=O) groups is 3. The van der Waals surface area contributed by atoms with Crippen LogP contribution in [-0.4, -0.2) is 29.4 Å². The molecule has 5 heteroatoms. The van der Waals surface area contributed by atoms with Crippen molar-refractivity contribution in [3.05, 3.63) is 12.7 Å². The number of allylic oxidation sites excluding steroid dienone is 1. The fourth-order valence-corrected chi connectivity index (χ4v) is 2.17. The molecule has 1 aliphatic carbocycles. The van der Waals surface area contributed by atoms with Gasteiger partial charge in [-0.2, -0.15) is 0 Å². The van der Waals surface area contributed by atoms with Crippen molar-refractivity contribution in [3.63, 3.8) is 0 Å². The van der Waals surface area contributed by atoms with Crippen molar-refractivity contribution in [2.24, 2.45) is 11.8 Å². The zero-order chi connectivity index (χ0) is 13.5. The lowest BCUT2D eigenvalue weighted by molar-refractivity contribution is -0.159. The van der Waals surface area contributed by atoms with Crippen LogP contribution in [0, 0.1) is 11.8 Å². The van der Waals surface area contributed by atoms with Crippen molar-refractivity contribution in [1.82, 2.24) is 0 Å². The van der Waals surface area contributed by atoms with Crippen molar-refractivity contribution >= 4 is 17.7 Å². The van der Waals surface area contributed by atoms with E-state index in [4.69, 9.17) is 9.84 Å². The molecule has 1 fully saturated rings. The second-order valence-corrected chi connectivity index (χ2v) is 4.42. The number of carbonyl (C=O) groups excluding carboxylic acids is 2. The third-order valence-corrected chi connectivity index (χ3v) is 3.21. The molecule has 1 saturated carbocycles. The van der Waals surface area contributed by atoms with E-state index in [1.807, 2.05) is 0 Å². The average molecular weight is 254 g/mol. The Labute approximate surface area is 106 Å². The van der Waals surface area contributed by atoms with Crippen LogP contribution in [0.5, 0.6) is 0 Å². The number of carboxylic acids is 1. The maximum absolute atomic E-state index is 11.8. The fraction of sp³-hybridized carbons (Fsp3) is 0.615. The molecule has 0 aliphatic heterocycles. The van der Waals surface area contributed by atoms with Crippen molar-refractivity contribution < 1.29 is 24.2 Å². The normalized spacial score (nSPS) is 23.1. The molecule has 0 saturated heterocycles. The first-order valence-corrected chi connectivity index (χ1v) is 6.11. The molecule has 5 nitrogen and oxygen atoms in total. The highest BCUT2D eigenvalue weighted by atomic mass is 16.5. The molecule has 0 spiro atoms. The molecule has 0 bridgehead atoms. The van der Waals surface area contributed by atoms with Crippen LogP contribution in [0.25, 0.3) is 0 Å². The molecule has 0 aromatic carbocycles. The Morgan fingerprint density at radius 3 is 2.39 bits per heavy atom. The van der Waals surface area contributed by atoms with Crippen LogP contribution in [0.1, 0.15) is 32.1 Å². The molecule has 0 radical (unpaired) electrons. The summed E-state index contributed by atoms with van der Waals surface area (Å²) in [7, 11) is 0. The first-order valence-electron chi connectivity index (χ1n) is 6.11. The lowest BCUT2D eigenvalue weighted by atomic mass is 9.79. The predicted octanol–water partition coefficient (Wildman–Crippen LogP) is 1.57. The van der Waals surface area contributed by atoms with Gasteiger partial charge in [-0.05, 0) is 18.9 Å². The first-order chi connectivity index (χ1) is 8.56. The van der Waals surface area contributed by atoms with Gasteiger partial charge in [0.25, 0.3) is 0 Å². The minimum Gasteiger partial charge on any atom is -0.481 e. The Balaban J connectivity index is 2.45. The summed E-state index contributed by atoms with van der Waals surface area (Å²) in [6.07, 6.45) is 4.00. The van der Waals surface area contributed by atoms with Crippen LogP contribution in [0.2, 0.25) is 0 Å². The van der Waals surface area contributed by atoms with Gasteiger partial charge < -0.3 is 9.84 Å². The van der Waals surface area contributed by atoms with Gasteiger partial charge in [-0.25, -0.2) is 0 Å². The van der Waals surface area contributed by atoms with E-state index in [1.54, 1.807) is 0 Å². The number of hydrogen-bond acceptors (Lipinski definition) is 4. The van der Waals surface area contributed by atoms with Crippen LogP contribution < -0.4 is 0 Å². The van der Waals surface area contributed by atoms with Crippen LogP contribution in [0.4, 0.5) is 0 Å². The standard InChI is InChI=1S/C13H18O5/c1-2-9(14)7-8-18-13(17)11-6-4-3-5-10(11)12(15)16/h2,10-11H,1,3-8H2,(H,15,16). The zero-order valence-electron chi connectivity index (χ0n) is 10.3. The van der Waals surface area contributed by atoms with Crippen molar-refractivity contribution in [2.45, 2.75) is 32.1 Å². The molecule has 1 rings (SSSR count). The molecule has 100 valence electrons. The second-order valence-electron chi connectivity index (χ2n) is 4.42. The van der Waals surface area contributed by atoms with E-state index in [-0.39, 0.29) is 18.8 Å². The Morgan fingerprint density at radius 2 is 1.83 bits per heavy atom. The average Bonchev–Trinajstić information content (AvgIpc) is 2.38. The molecule has 0 heterocycles. The fourth-order valence-electron chi connectivity index (χ4n) is 2.17. The van der Waals surface area contributed by atoms with Gasteiger partial charge in [0.1, 0.15) is 0 Å². The number of ketones is 1.